The third-order valence-electron chi connectivity index (χ3n) is 3.19. The van der Waals surface area contributed by atoms with Crippen molar-refractivity contribution in [3.05, 3.63) is 47.7 Å². The number of anilines is 2. The largest absolute Gasteiger partial charge is 0.322 e. The van der Waals surface area contributed by atoms with Crippen LogP contribution < -0.4 is 10.2 Å². The van der Waals surface area contributed by atoms with Gasteiger partial charge >= 0.3 is 0 Å². The van der Waals surface area contributed by atoms with E-state index in [0.29, 0.717) is 11.4 Å². The van der Waals surface area contributed by atoms with Gasteiger partial charge in [0.25, 0.3) is 0 Å². The summed E-state index contributed by atoms with van der Waals surface area (Å²) < 4.78 is 0. The minimum absolute atomic E-state index is 0.548. The summed E-state index contributed by atoms with van der Waals surface area (Å²) in [6, 6.07) is 12.0. The Morgan fingerprint density at radius 1 is 1.26 bits per heavy atom. The lowest BCUT2D eigenvalue weighted by Crippen LogP contribution is -2.26. The van der Waals surface area contributed by atoms with Gasteiger partial charge in [-0.3, -0.25) is 0 Å². The SMILES string of the molecule is N#Cc1ccnnc1N1CCNCc2ccccc21. The second-order valence-corrected chi connectivity index (χ2v) is 4.34. The molecule has 2 heterocycles. The number of nitrogens with one attached hydrogen (secondary N) is 1. The normalized spacial score (nSPS) is 14.4. The third kappa shape index (κ3) is 2.14. The fourth-order valence-corrected chi connectivity index (χ4v) is 2.29. The van der Waals surface area contributed by atoms with Gasteiger partial charge in [0.15, 0.2) is 5.82 Å². The van der Waals surface area contributed by atoms with Crippen LogP contribution in [0.3, 0.4) is 0 Å². The molecule has 1 aliphatic rings. The molecule has 0 fully saturated rings. The standard InChI is InChI=1S/C14H13N5/c15-9-11-5-6-17-18-14(11)19-8-7-16-10-12-3-1-2-4-13(12)19/h1-6,16H,7-8,10H2. The first kappa shape index (κ1) is 11.6. The van der Waals surface area contributed by atoms with Crippen LogP contribution in [0.15, 0.2) is 36.5 Å². The van der Waals surface area contributed by atoms with E-state index in [0.717, 1.165) is 25.3 Å². The van der Waals surface area contributed by atoms with Gasteiger partial charge in [-0.25, -0.2) is 0 Å². The Balaban J connectivity index is 2.12. The molecular weight excluding hydrogens is 238 g/mol. The highest BCUT2D eigenvalue weighted by Gasteiger charge is 2.19. The van der Waals surface area contributed by atoms with E-state index in [1.807, 2.05) is 12.1 Å². The molecule has 5 nitrogen and oxygen atoms in total. The predicted molar refractivity (Wildman–Crippen MR) is 71.9 cm³/mol. The van der Waals surface area contributed by atoms with Gasteiger partial charge in [0, 0.05) is 25.3 Å². The Morgan fingerprint density at radius 3 is 3.05 bits per heavy atom. The Hall–Kier alpha value is -2.45. The average Bonchev–Trinajstić information content (AvgIpc) is 2.69. The number of hydrogen-bond donors (Lipinski definition) is 1. The van der Waals surface area contributed by atoms with Crippen LogP contribution in [-0.2, 0) is 6.54 Å². The van der Waals surface area contributed by atoms with Gasteiger partial charge in [-0.15, -0.1) is 5.10 Å². The van der Waals surface area contributed by atoms with E-state index in [4.69, 9.17) is 0 Å². The lowest BCUT2D eigenvalue weighted by Gasteiger charge is -2.23. The number of rotatable bonds is 1. The molecule has 0 spiro atoms. The van der Waals surface area contributed by atoms with Gasteiger partial charge < -0.3 is 10.2 Å². The number of fused-ring (bicyclic) bond motifs is 1. The molecule has 0 saturated carbocycles. The fourth-order valence-electron chi connectivity index (χ4n) is 2.29. The molecule has 0 unspecified atom stereocenters. The van der Waals surface area contributed by atoms with Gasteiger partial charge in [0.05, 0.1) is 11.8 Å². The predicted octanol–water partition coefficient (Wildman–Crippen LogP) is 1.59. The summed E-state index contributed by atoms with van der Waals surface area (Å²) in [5, 5.41) is 20.6. The van der Waals surface area contributed by atoms with Crippen LogP contribution in [0.2, 0.25) is 0 Å². The molecule has 1 aliphatic heterocycles. The molecule has 2 aromatic rings. The number of aromatic nitrogens is 2. The summed E-state index contributed by atoms with van der Waals surface area (Å²) >= 11 is 0. The summed E-state index contributed by atoms with van der Waals surface area (Å²) in [4.78, 5) is 2.06. The summed E-state index contributed by atoms with van der Waals surface area (Å²) in [5.74, 6) is 0.626. The second kappa shape index (κ2) is 5.04. The van der Waals surface area contributed by atoms with Gasteiger partial charge in [0.2, 0.25) is 0 Å². The van der Waals surface area contributed by atoms with E-state index in [9.17, 15) is 5.26 Å². The lowest BCUT2D eigenvalue weighted by molar-refractivity contribution is 0.709. The molecule has 0 aliphatic carbocycles. The van der Waals surface area contributed by atoms with E-state index >= 15 is 0 Å². The van der Waals surface area contributed by atoms with Gasteiger partial charge in [-0.2, -0.15) is 10.4 Å². The molecule has 0 amide bonds. The van der Waals surface area contributed by atoms with E-state index in [-0.39, 0.29) is 0 Å². The average molecular weight is 251 g/mol. The first-order chi connectivity index (χ1) is 9.40. The monoisotopic (exact) mass is 251 g/mol. The van der Waals surface area contributed by atoms with Crippen molar-refractivity contribution in [2.24, 2.45) is 0 Å². The van der Waals surface area contributed by atoms with E-state index in [2.05, 4.69) is 38.6 Å². The van der Waals surface area contributed by atoms with Crippen molar-refractivity contribution in [2.45, 2.75) is 6.54 Å². The van der Waals surface area contributed by atoms with Crippen LogP contribution in [0.4, 0.5) is 11.5 Å². The second-order valence-electron chi connectivity index (χ2n) is 4.34. The highest BCUT2D eigenvalue weighted by atomic mass is 15.3. The van der Waals surface area contributed by atoms with Crippen molar-refractivity contribution in [2.75, 3.05) is 18.0 Å². The fraction of sp³-hybridized carbons (Fsp3) is 0.214. The van der Waals surface area contributed by atoms with Crippen molar-refractivity contribution in [3.63, 3.8) is 0 Å². The molecule has 5 heteroatoms. The topological polar surface area (TPSA) is 64.8 Å². The molecule has 19 heavy (non-hydrogen) atoms. The summed E-state index contributed by atoms with van der Waals surface area (Å²) in [6.45, 7) is 2.44. The smallest absolute Gasteiger partial charge is 0.173 e. The molecule has 0 bridgehead atoms. The van der Waals surface area contributed by atoms with Crippen LogP contribution in [0, 0.1) is 11.3 Å². The van der Waals surface area contributed by atoms with Crippen molar-refractivity contribution in [1.29, 1.82) is 5.26 Å². The minimum atomic E-state index is 0.548. The molecule has 1 aromatic carbocycles. The molecule has 94 valence electrons. The number of para-hydroxylation sites is 1. The summed E-state index contributed by atoms with van der Waals surface area (Å²) in [6.07, 6.45) is 1.55. The van der Waals surface area contributed by atoms with Crippen molar-refractivity contribution < 1.29 is 0 Å². The zero-order valence-electron chi connectivity index (χ0n) is 10.4. The number of nitriles is 1. The number of nitrogens with zero attached hydrogens (tertiary/aromatic N) is 4. The lowest BCUT2D eigenvalue weighted by atomic mass is 10.1. The Morgan fingerprint density at radius 2 is 2.16 bits per heavy atom. The Bertz CT molecular complexity index is 632. The first-order valence-corrected chi connectivity index (χ1v) is 6.18. The first-order valence-electron chi connectivity index (χ1n) is 6.18. The van der Waals surface area contributed by atoms with Crippen molar-refractivity contribution in [3.8, 4) is 6.07 Å². The van der Waals surface area contributed by atoms with Gasteiger partial charge in [-0.05, 0) is 17.7 Å². The van der Waals surface area contributed by atoms with Crippen LogP contribution in [-0.4, -0.2) is 23.3 Å². The maximum Gasteiger partial charge on any atom is 0.173 e. The molecule has 1 N–H and O–H groups in total. The van der Waals surface area contributed by atoms with Crippen molar-refractivity contribution >= 4 is 11.5 Å². The maximum atomic E-state index is 9.21. The molecule has 0 saturated heterocycles. The quantitative estimate of drug-likeness (QED) is 0.833. The molecule has 3 rings (SSSR count). The highest BCUT2D eigenvalue weighted by Crippen LogP contribution is 2.29. The van der Waals surface area contributed by atoms with Gasteiger partial charge in [0.1, 0.15) is 6.07 Å². The van der Waals surface area contributed by atoms with Crippen LogP contribution in [0.1, 0.15) is 11.1 Å². The zero-order chi connectivity index (χ0) is 13.1. The Kier molecular flexibility index (Phi) is 3.09. The van der Waals surface area contributed by atoms with Crippen LogP contribution >= 0.6 is 0 Å². The van der Waals surface area contributed by atoms with E-state index in [1.165, 1.54) is 5.56 Å². The van der Waals surface area contributed by atoms with Crippen LogP contribution in [0.25, 0.3) is 0 Å². The van der Waals surface area contributed by atoms with Crippen LogP contribution in [0.5, 0.6) is 0 Å². The molecule has 0 radical (unpaired) electrons. The molecule has 0 atom stereocenters. The highest BCUT2D eigenvalue weighted by molar-refractivity contribution is 5.68. The van der Waals surface area contributed by atoms with Gasteiger partial charge in [-0.1, -0.05) is 18.2 Å². The van der Waals surface area contributed by atoms with Crippen molar-refractivity contribution in [1.82, 2.24) is 15.5 Å². The van der Waals surface area contributed by atoms with E-state index < -0.39 is 0 Å². The molecule has 1 aromatic heterocycles. The summed E-state index contributed by atoms with van der Waals surface area (Å²) in [5.41, 5.74) is 2.84. The zero-order valence-corrected chi connectivity index (χ0v) is 10.4. The third-order valence-corrected chi connectivity index (χ3v) is 3.19. The molecular formula is C14H13N5. The van der Waals surface area contributed by atoms with E-state index in [1.54, 1.807) is 12.3 Å². The number of benzene rings is 1. The number of hydrogen-bond acceptors (Lipinski definition) is 5. The Labute approximate surface area is 111 Å². The maximum absolute atomic E-state index is 9.21. The summed E-state index contributed by atoms with van der Waals surface area (Å²) in [7, 11) is 0. The minimum Gasteiger partial charge on any atom is -0.322 e.